The standard InChI is InChI=1S/C13H22N2S/c1-8(2)15-6-5-12(14)13(15)11-7-9(3)16-10(11)4/h7-8,12-13H,5-6,14H2,1-4H3. The maximum atomic E-state index is 6.28. The molecule has 0 aliphatic carbocycles. The van der Waals surface area contributed by atoms with Crippen LogP contribution in [0.15, 0.2) is 6.07 Å². The van der Waals surface area contributed by atoms with E-state index in [0.717, 1.165) is 13.0 Å². The number of thiophene rings is 1. The van der Waals surface area contributed by atoms with Crippen molar-refractivity contribution < 1.29 is 0 Å². The first-order valence-electron chi connectivity index (χ1n) is 6.09. The fourth-order valence-corrected chi connectivity index (χ4v) is 3.74. The second-order valence-electron chi connectivity index (χ2n) is 5.10. The molecule has 1 saturated heterocycles. The molecule has 0 spiro atoms. The molecule has 0 amide bonds. The normalized spacial score (nSPS) is 26.9. The van der Waals surface area contributed by atoms with Gasteiger partial charge in [0.1, 0.15) is 0 Å². The summed E-state index contributed by atoms with van der Waals surface area (Å²) in [5.41, 5.74) is 7.74. The molecule has 0 aromatic carbocycles. The summed E-state index contributed by atoms with van der Waals surface area (Å²) in [6.07, 6.45) is 1.12. The predicted octanol–water partition coefficient (Wildman–Crippen LogP) is 2.85. The molecule has 1 aromatic rings. The van der Waals surface area contributed by atoms with Crippen LogP contribution in [-0.4, -0.2) is 23.5 Å². The lowest BCUT2D eigenvalue weighted by Crippen LogP contribution is -2.36. The van der Waals surface area contributed by atoms with E-state index in [1.165, 1.54) is 15.3 Å². The lowest BCUT2D eigenvalue weighted by atomic mass is 10.0. The van der Waals surface area contributed by atoms with Crippen molar-refractivity contribution in [2.24, 2.45) is 5.73 Å². The Hall–Kier alpha value is -0.380. The Morgan fingerprint density at radius 3 is 2.62 bits per heavy atom. The molecular formula is C13H22N2S. The van der Waals surface area contributed by atoms with Crippen LogP contribution in [0.5, 0.6) is 0 Å². The molecular weight excluding hydrogens is 216 g/mol. The van der Waals surface area contributed by atoms with E-state index < -0.39 is 0 Å². The maximum Gasteiger partial charge on any atom is 0.0513 e. The van der Waals surface area contributed by atoms with Crippen LogP contribution in [0.2, 0.25) is 0 Å². The summed E-state index contributed by atoms with van der Waals surface area (Å²) in [5.74, 6) is 0. The molecule has 2 atom stereocenters. The highest BCUT2D eigenvalue weighted by Crippen LogP contribution is 2.37. The summed E-state index contributed by atoms with van der Waals surface area (Å²) in [6.45, 7) is 10.1. The molecule has 2 nitrogen and oxygen atoms in total. The van der Waals surface area contributed by atoms with Crippen molar-refractivity contribution in [2.45, 2.75) is 52.2 Å². The lowest BCUT2D eigenvalue weighted by molar-refractivity contribution is 0.198. The number of rotatable bonds is 2. The molecule has 1 aliphatic heterocycles. The molecule has 90 valence electrons. The Bertz CT molecular complexity index is 370. The van der Waals surface area contributed by atoms with Crippen molar-refractivity contribution in [1.82, 2.24) is 4.90 Å². The number of nitrogens with zero attached hydrogens (tertiary/aromatic N) is 1. The third-order valence-electron chi connectivity index (χ3n) is 3.54. The van der Waals surface area contributed by atoms with Gasteiger partial charge in [0, 0.05) is 28.4 Å². The quantitative estimate of drug-likeness (QED) is 0.858. The van der Waals surface area contributed by atoms with Crippen LogP contribution in [0.25, 0.3) is 0 Å². The van der Waals surface area contributed by atoms with Crippen LogP contribution in [0.3, 0.4) is 0 Å². The smallest absolute Gasteiger partial charge is 0.0513 e. The zero-order chi connectivity index (χ0) is 11.9. The van der Waals surface area contributed by atoms with Crippen molar-refractivity contribution in [3.8, 4) is 0 Å². The van der Waals surface area contributed by atoms with E-state index in [2.05, 4.69) is 38.7 Å². The molecule has 2 N–H and O–H groups in total. The largest absolute Gasteiger partial charge is 0.326 e. The van der Waals surface area contributed by atoms with E-state index >= 15 is 0 Å². The van der Waals surface area contributed by atoms with Crippen molar-refractivity contribution in [2.75, 3.05) is 6.54 Å². The van der Waals surface area contributed by atoms with E-state index in [-0.39, 0.29) is 0 Å². The van der Waals surface area contributed by atoms with Crippen LogP contribution in [0.4, 0.5) is 0 Å². The van der Waals surface area contributed by atoms with Crippen LogP contribution < -0.4 is 5.73 Å². The third kappa shape index (κ3) is 2.04. The monoisotopic (exact) mass is 238 g/mol. The minimum absolute atomic E-state index is 0.301. The molecule has 1 aromatic heterocycles. The number of aryl methyl sites for hydroxylation is 2. The van der Waals surface area contributed by atoms with Gasteiger partial charge in [-0.05, 0) is 45.7 Å². The number of hydrogen-bond donors (Lipinski definition) is 1. The zero-order valence-electron chi connectivity index (χ0n) is 10.7. The van der Waals surface area contributed by atoms with Crippen LogP contribution >= 0.6 is 11.3 Å². The van der Waals surface area contributed by atoms with Crippen LogP contribution in [0.1, 0.15) is 41.6 Å². The summed E-state index contributed by atoms with van der Waals surface area (Å²) in [4.78, 5) is 5.37. The van der Waals surface area contributed by atoms with Gasteiger partial charge in [-0.2, -0.15) is 0 Å². The molecule has 1 fully saturated rings. The van der Waals surface area contributed by atoms with Crippen molar-refractivity contribution in [3.05, 3.63) is 21.4 Å². The predicted molar refractivity (Wildman–Crippen MR) is 71.0 cm³/mol. The second kappa shape index (κ2) is 4.47. The molecule has 2 unspecified atom stereocenters. The van der Waals surface area contributed by atoms with Gasteiger partial charge in [0.15, 0.2) is 0 Å². The first-order chi connectivity index (χ1) is 7.50. The summed E-state index contributed by atoms with van der Waals surface area (Å²) < 4.78 is 0. The van der Waals surface area contributed by atoms with E-state index in [1.807, 2.05) is 11.3 Å². The first-order valence-corrected chi connectivity index (χ1v) is 6.90. The minimum atomic E-state index is 0.301. The maximum absolute atomic E-state index is 6.28. The van der Waals surface area contributed by atoms with Gasteiger partial charge >= 0.3 is 0 Å². The average molecular weight is 238 g/mol. The van der Waals surface area contributed by atoms with E-state index in [0.29, 0.717) is 18.1 Å². The minimum Gasteiger partial charge on any atom is -0.326 e. The fraction of sp³-hybridized carbons (Fsp3) is 0.692. The lowest BCUT2D eigenvalue weighted by Gasteiger charge is -2.30. The van der Waals surface area contributed by atoms with Crippen molar-refractivity contribution >= 4 is 11.3 Å². The Morgan fingerprint density at radius 2 is 2.12 bits per heavy atom. The van der Waals surface area contributed by atoms with Gasteiger partial charge in [-0.15, -0.1) is 11.3 Å². The van der Waals surface area contributed by atoms with Gasteiger partial charge < -0.3 is 5.73 Å². The fourth-order valence-electron chi connectivity index (χ4n) is 2.77. The summed E-state index contributed by atoms with van der Waals surface area (Å²) in [5, 5.41) is 0. The van der Waals surface area contributed by atoms with Gasteiger partial charge in [-0.1, -0.05) is 0 Å². The van der Waals surface area contributed by atoms with Gasteiger partial charge in [-0.3, -0.25) is 4.90 Å². The molecule has 0 radical (unpaired) electrons. The zero-order valence-corrected chi connectivity index (χ0v) is 11.5. The summed E-state index contributed by atoms with van der Waals surface area (Å²) in [7, 11) is 0. The highest BCUT2D eigenvalue weighted by Gasteiger charge is 2.35. The molecule has 3 heteroatoms. The van der Waals surface area contributed by atoms with Gasteiger partial charge in [0.25, 0.3) is 0 Å². The molecule has 0 saturated carbocycles. The third-order valence-corrected chi connectivity index (χ3v) is 4.53. The summed E-state index contributed by atoms with van der Waals surface area (Å²) in [6, 6.07) is 3.64. The van der Waals surface area contributed by atoms with E-state index in [4.69, 9.17) is 5.73 Å². The summed E-state index contributed by atoms with van der Waals surface area (Å²) >= 11 is 1.89. The molecule has 1 aliphatic rings. The second-order valence-corrected chi connectivity index (χ2v) is 6.56. The van der Waals surface area contributed by atoms with Crippen molar-refractivity contribution in [3.63, 3.8) is 0 Å². The number of likely N-dealkylation sites (tertiary alicyclic amines) is 1. The first kappa shape index (κ1) is 12.1. The SMILES string of the molecule is Cc1cc(C2C(N)CCN2C(C)C)c(C)s1. The Balaban J connectivity index is 2.33. The Morgan fingerprint density at radius 1 is 1.44 bits per heavy atom. The molecule has 0 bridgehead atoms. The highest BCUT2D eigenvalue weighted by molar-refractivity contribution is 7.12. The van der Waals surface area contributed by atoms with Gasteiger partial charge in [0.2, 0.25) is 0 Å². The number of hydrogen-bond acceptors (Lipinski definition) is 3. The van der Waals surface area contributed by atoms with Crippen molar-refractivity contribution in [1.29, 1.82) is 0 Å². The van der Waals surface area contributed by atoms with Crippen LogP contribution in [0, 0.1) is 13.8 Å². The van der Waals surface area contributed by atoms with Gasteiger partial charge in [-0.25, -0.2) is 0 Å². The highest BCUT2D eigenvalue weighted by atomic mass is 32.1. The molecule has 2 rings (SSSR count). The topological polar surface area (TPSA) is 29.3 Å². The number of nitrogens with two attached hydrogens (primary N) is 1. The van der Waals surface area contributed by atoms with Crippen LogP contribution in [-0.2, 0) is 0 Å². The average Bonchev–Trinajstić information content (AvgIpc) is 2.69. The molecule has 2 heterocycles. The Labute approximate surface area is 102 Å². The molecule has 16 heavy (non-hydrogen) atoms. The van der Waals surface area contributed by atoms with E-state index in [1.54, 1.807) is 0 Å². The van der Waals surface area contributed by atoms with E-state index in [9.17, 15) is 0 Å². The van der Waals surface area contributed by atoms with Gasteiger partial charge in [0.05, 0.1) is 6.04 Å². The Kier molecular flexibility index (Phi) is 3.38.